The molecule has 27 heavy (non-hydrogen) atoms. The topological polar surface area (TPSA) is 50.4 Å². The number of ether oxygens (including phenoxy) is 1. The van der Waals surface area contributed by atoms with Gasteiger partial charge in [-0.2, -0.15) is 13.2 Å². The highest BCUT2D eigenvalue weighted by atomic mass is 35.5. The summed E-state index contributed by atoms with van der Waals surface area (Å²) in [5.41, 5.74) is -0.388. The van der Waals surface area contributed by atoms with Crippen LogP contribution in [0.25, 0.3) is 0 Å². The highest BCUT2D eigenvalue weighted by Gasteiger charge is 2.30. The van der Waals surface area contributed by atoms with Crippen LogP contribution in [0.3, 0.4) is 0 Å². The van der Waals surface area contributed by atoms with Gasteiger partial charge in [-0.3, -0.25) is 10.1 Å². The Morgan fingerprint density at radius 2 is 1.78 bits per heavy atom. The maximum Gasteiger partial charge on any atom is 0.416 e. The van der Waals surface area contributed by atoms with Crippen molar-refractivity contribution in [2.45, 2.75) is 26.1 Å². The highest BCUT2D eigenvalue weighted by Crippen LogP contribution is 2.33. The van der Waals surface area contributed by atoms with Gasteiger partial charge < -0.3 is 10.1 Å². The first kappa shape index (κ1) is 21.0. The molecule has 0 spiro atoms. The molecule has 1 amide bonds. The zero-order chi connectivity index (χ0) is 20.2. The molecule has 0 fully saturated rings. The van der Waals surface area contributed by atoms with E-state index in [9.17, 15) is 18.0 Å². The van der Waals surface area contributed by atoms with E-state index in [1.54, 1.807) is 24.3 Å². The lowest BCUT2D eigenvalue weighted by Crippen LogP contribution is -2.34. The van der Waals surface area contributed by atoms with Crippen molar-refractivity contribution in [3.05, 3.63) is 58.6 Å². The van der Waals surface area contributed by atoms with E-state index in [4.69, 9.17) is 28.6 Å². The molecule has 0 atom stereocenters. The van der Waals surface area contributed by atoms with Gasteiger partial charge in [0.1, 0.15) is 5.75 Å². The van der Waals surface area contributed by atoms with Crippen LogP contribution in [-0.2, 0) is 6.18 Å². The molecule has 0 aliphatic carbocycles. The van der Waals surface area contributed by atoms with Crippen molar-refractivity contribution in [3.8, 4) is 5.75 Å². The minimum absolute atomic E-state index is 0.00920. The van der Waals surface area contributed by atoms with Crippen LogP contribution in [0.5, 0.6) is 5.75 Å². The van der Waals surface area contributed by atoms with Crippen LogP contribution in [0.1, 0.15) is 29.8 Å². The van der Waals surface area contributed by atoms with Crippen molar-refractivity contribution in [1.82, 2.24) is 5.32 Å². The number of nitrogens with one attached hydrogen (secondary N) is 2. The molecular formula is C18H16ClF3N2O2S. The zero-order valence-corrected chi connectivity index (χ0v) is 15.9. The van der Waals surface area contributed by atoms with Crippen molar-refractivity contribution in [2.75, 3.05) is 5.32 Å². The van der Waals surface area contributed by atoms with E-state index in [0.717, 1.165) is 18.2 Å². The van der Waals surface area contributed by atoms with E-state index in [-0.39, 0.29) is 21.9 Å². The number of hydrogen-bond donors (Lipinski definition) is 2. The van der Waals surface area contributed by atoms with Crippen LogP contribution < -0.4 is 15.4 Å². The number of carbonyl (C=O) groups is 1. The lowest BCUT2D eigenvalue weighted by molar-refractivity contribution is -0.137. The molecule has 144 valence electrons. The number of thiocarbonyl (C=S) groups is 1. The van der Waals surface area contributed by atoms with Gasteiger partial charge in [0.25, 0.3) is 5.91 Å². The summed E-state index contributed by atoms with van der Waals surface area (Å²) >= 11 is 10.9. The highest BCUT2D eigenvalue weighted by molar-refractivity contribution is 7.80. The molecule has 2 N–H and O–H groups in total. The summed E-state index contributed by atoms with van der Waals surface area (Å²) in [7, 11) is 0. The molecule has 0 radical (unpaired) electrons. The van der Waals surface area contributed by atoms with E-state index in [1.807, 2.05) is 13.8 Å². The first-order valence-corrected chi connectivity index (χ1v) is 8.60. The Balaban J connectivity index is 2.00. The van der Waals surface area contributed by atoms with Gasteiger partial charge in [-0.05, 0) is 68.5 Å². The van der Waals surface area contributed by atoms with Gasteiger partial charge in [0.15, 0.2) is 5.11 Å². The Hall–Kier alpha value is -2.32. The minimum atomic E-state index is -4.50. The predicted molar refractivity (Wildman–Crippen MR) is 102 cm³/mol. The number of carbonyl (C=O) groups excluding carboxylic acids is 1. The van der Waals surface area contributed by atoms with E-state index in [0.29, 0.717) is 11.3 Å². The molecular weight excluding hydrogens is 401 g/mol. The number of halogens is 4. The van der Waals surface area contributed by atoms with Crippen molar-refractivity contribution < 1.29 is 22.7 Å². The van der Waals surface area contributed by atoms with Crippen molar-refractivity contribution in [1.29, 1.82) is 0 Å². The third-order valence-electron chi connectivity index (χ3n) is 3.26. The molecule has 0 aliphatic rings. The third kappa shape index (κ3) is 6.11. The zero-order valence-electron chi connectivity index (χ0n) is 14.4. The Morgan fingerprint density at radius 3 is 2.30 bits per heavy atom. The Bertz CT molecular complexity index is 839. The molecule has 0 aliphatic heterocycles. The summed E-state index contributed by atoms with van der Waals surface area (Å²) in [4.78, 5) is 12.2. The summed E-state index contributed by atoms with van der Waals surface area (Å²) in [5, 5.41) is 4.78. The van der Waals surface area contributed by atoms with Crippen LogP contribution in [0, 0.1) is 0 Å². The molecule has 0 aromatic heterocycles. The summed E-state index contributed by atoms with van der Waals surface area (Å²) in [6.07, 6.45) is -4.49. The van der Waals surface area contributed by atoms with Crippen LogP contribution in [0.4, 0.5) is 18.9 Å². The predicted octanol–water partition coefficient (Wildman–Crippen LogP) is 5.27. The number of rotatable bonds is 4. The van der Waals surface area contributed by atoms with Gasteiger partial charge in [0.05, 0.1) is 22.4 Å². The van der Waals surface area contributed by atoms with Gasteiger partial charge in [-0.15, -0.1) is 0 Å². The molecule has 0 saturated carbocycles. The quantitative estimate of drug-likeness (QED) is 0.666. The van der Waals surface area contributed by atoms with E-state index >= 15 is 0 Å². The summed E-state index contributed by atoms with van der Waals surface area (Å²) in [5.74, 6) is 0.144. The second-order valence-electron chi connectivity index (χ2n) is 5.79. The summed E-state index contributed by atoms with van der Waals surface area (Å²) in [6.45, 7) is 3.77. The average molecular weight is 417 g/mol. The van der Waals surface area contributed by atoms with Gasteiger partial charge in [0.2, 0.25) is 0 Å². The number of benzene rings is 2. The van der Waals surface area contributed by atoms with E-state index in [2.05, 4.69) is 10.6 Å². The van der Waals surface area contributed by atoms with Crippen LogP contribution in [0.2, 0.25) is 5.02 Å². The molecule has 4 nitrogen and oxygen atoms in total. The van der Waals surface area contributed by atoms with Crippen LogP contribution in [-0.4, -0.2) is 17.1 Å². The Morgan fingerprint density at radius 1 is 1.15 bits per heavy atom. The second kappa shape index (κ2) is 8.58. The van der Waals surface area contributed by atoms with Crippen LogP contribution in [0.15, 0.2) is 42.5 Å². The third-order valence-corrected chi connectivity index (χ3v) is 3.78. The van der Waals surface area contributed by atoms with Crippen LogP contribution >= 0.6 is 23.8 Å². The normalized spacial score (nSPS) is 11.2. The maximum atomic E-state index is 12.6. The average Bonchev–Trinajstić information content (AvgIpc) is 2.55. The molecule has 2 aromatic carbocycles. The maximum absolute atomic E-state index is 12.6. The SMILES string of the molecule is CC(C)Oc1ccc(C(=O)NC(=S)Nc2ccc(C(F)(F)F)cc2Cl)cc1. The number of anilines is 1. The smallest absolute Gasteiger partial charge is 0.416 e. The molecule has 0 heterocycles. The standard InChI is InChI=1S/C18H16ClF3N2O2S/c1-10(2)26-13-6-3-11(4-7-13)16(25)24-17(27)23-15-8-5-12(9-14(15)19)18(20,21)22/h3-10H,1-2H3,(H2,23,24,25,27). The number of hydrogen-bond acceptors (Lipinski definition) is 3. The van der Waals surface area contributed by atoms with E-state index < -0.39 is 17.6 Å². The molecule has 9 heteroatoms. The van der Waals surface area contributed by atoms with Gasteiger partial charge >= 0.3 is 6.18 Å². The first-order chi connectivity index (χ1) is 12.6. The van der Waals surface area contributed by atoms with Gasteiger partial charge in [-0.1, -0.05) is 11.6 Å². The number of amides is 1. The van der Waals surface area contributed by atoms with Crippen molar-refractivity contribution >= 4 is 40.5 Å². The Kier molecular flexibility index (Phi) is 6.67. The molecule has 2 aromatic rings. The second-order valence-corrected chi connectivity index (χ2v) is 6.61. The fourth-order valence-electron chi connectivity index (χ4n) is 2.08. The molecule has 2 rings (SSSR count). The summed E-state index contributed by atoms with van der Waals surface area (Å²) in [6, 6.07) is 9.23. The first-order valence-electron chi connectivity index (χ1n) is 7.82. The molecule has 0 saturated heterocycles. The summed E-state index contributed by atoms with van der Waals surface area (Å²) < 4.78 is 43.4. The van der Waals surface area contributed by atoms with Crippen molar-refractivity contribution in [2.24, 2.45) is 0 Å². The largest absolute Gasteiger partial charge is 0.491 e. The lowest BCUT2D eigenvalue weighted by Gasteiger charge is -2.13. The Labute approximate surface area is 164 Å². The lowest BCUT2D eigenvalue weighted by atomic mass is 10.2. The fraction of sp³-hybridized carbons (Fsp3) is 0.222. The molecule has 0 unspecified atom stereocenters. The van der Waals surface area contributed by atoms with Gasteiger partial charge in [-0.25, -0.2) is 0 Å². The number of alkyl halides is 3. The van der Waals surface area contributed by atoms with Gasteiger partial charge in [0, 0.05) is 5.56 Å². The minimum Gasteiger partial charge on any atom is -0.491 e. The molecule has 0 bridgehead atoms. The van der Waals surface area contributed by atoms with Crippen molar-refractivity contribution in [3.63, 3.8) is 0 Å². The van der Waals surface area contributed by atoms with E-state index in [1.165, 1.54) is 0 Å². The fourth-order valence-corrected chi connectivity index (χ4v) is 2.51. The monoisotopic (exact) mass is 416 g/mol.